The fourth-order valence-corrected chi connectivity index (χ4v) is 5.73. The molecule has 3 aromatic carbocycles. The quantitative estimate of drug-likeness (QED) is 0.307. The maximum atomic E-state index is 13.9. The van der Waals surface area contributed by atoms with Crippen molar-refractivity contribution < 1.29 is 31.9 Å². The van der Waals surface area contributed by atoms with Gasteiger partial charge < -0.3 is 19.7 Å². The third kappa shape index (κ3) is 7.60. The molecule has 0 saturated heterocycles. The molecule has 13 heteroatoms. The molecule has 0 heterocycles. The summed E-state index contributed by atoms with van der Waals surface area (Å²) in [5.74, 6) is -1.25. The zero-order valence-corrected chi connectivity index (χ0v) is 25.2. The number of amides is 2. The number of carbonyl (C=O) groups is 2. The molecular formula is C28H30Cl2FN3O6S. The fraction of sp³-hybridized carbons (Fsp3) is 0.286. The Kier molecular flexibility index (Phi) is 10.8. The molecule has 220 valence electrons. The van der Waals surface area contributed by atoms with E-state index in [4.69, 9.17) is 32.7 Å². The molecule has 0 aliphatic rings. The number of halogens is 3. The van der Waals surface area contributed by atoms with Crippen LogP contribution in [0.5, 0.6) is 11.5 Å². The van der Waals surface area contributed by atoms with Gasteiger partial charge in [0, 0.05) is 19.2 Å². The lowest BCUT2D eigenvalue weighted by molar-refractivity contribution is -0.139. The zero-order chi connectivity index (χ0) is 30.3. The van der Waals surface area contributed by atoms with Gasteiger partial charge in [-0.05, 0) is 67.9 Å². The summed E-state index contributed by atoms with van der Waals surface area (Å²) in [7, 11) is -1.63. The van der Waals surface area contributed by atoms with Gasteiger partial charge in [0.05, 0.1) is 34.8 Å². The van der Waals surface area contributed by atoms with Crippen LogP contribution in [0.1, 0.15) is 19.4 Å². The van der Waals surface area contributed by atoms with Crippen molar-refractivity contribution in [3.05, 3.63) is 82.1 Å². The van der Waals surface area contributed by atoms with Crippen LogP contribution in [0.25, 0.3) is 0 Å². The highest BCUT2D eigenvalue weighted by molar-refractivity contribution is 7.92. The number of methoxy groups -OCH3 is 2. The SMILES string of the molecule is CCNC(=O)[C@@H](C)N(Cc1ccc(Cl)c(Cl)c1)C(=O)CN(c1ccc(F)cc1)S(=O)(=O)c1ccc(OC)c(OC)c1. The maximum absolute atomic E-state index is 13.9. The number of hydrogen-bond acceptors (Lipinski definition) is 6. The second-order valence-electron chi connectivity index (χ2n) is 8.85. The lowest BCUT2D eigenvalue weighted by Gasteiger charge is -2.32. The minimum absolute atomic E-state index is 0.0367. The van der Waals surface area contributed by atoms with Gasteiger partial charge in [-0.15, -0.1) is 0 Å². The summed E-state index contributed by atoms with van der Waals surface area (Å²) in [5.41, 5.74) is 0.606. The predicted molar refractivity (Wildman–Crippen MR) is 156 cm³/mol. The van der Waals surface area contributed by atoms with Crippen LogP contribution in [0.2, 0.25) is 10.0 Å². The fourth-order valence-electron chi connectivity index (χ4n) is 3.98. The number of rotatable bonds is 12. The van der Waals surface area contributed by atoms with E-state index in [0.29, 0.717) is 22.9 Å². The lowest BCUT2D eigenvalue weighted by atomic mass is 10.1. The Morgan fingerprint density at radius 3 is 2.20 bits per heavy atom. The van der Waals surface area contributed by atoms with Crippen LogP contribution >= 0.6 is 23.2 Å². The third-order valence-corrected chi connectivity index (χ3v) is 8.70. The van der Waals surface area contributed by atoms with Crippen molar-refractivity contribution in [3.63, 3.8) is 0 Å². The van der Waals surface area contributed by atoms with Crippen molar-refractivity contribution in [2.75, 3.05) is 31.6 Å². The number of likely N-dealkylation sites (N-methyl/N-ethyl adjacent to an activating group) is 1. The van der Waals surface area contributed by atoms with E-state index in [-0.39, 0.29) is 27.9 Å². The van der Waals surface area contributed by atoms with Crippen molar-refractivity contribution in [1.29, 1.82) is 0 Å². The van der Waals surface area contributed by atoms with E-state index in [9.17, 15) is 22.4 Å². The molecule has 3 aromatic rings. The van der Waals surface area contributed by atoms with Gasteiger partial charge in [0.2, 0.25) is 11.8 Å². The lowest BCUT2D eigenvalue weighted by Crippen LogP contribution is -2.51. The zero-order valence-electron chi connectivity index (χ0n) is 22.9. The Morgan fingerprint density at radius 2 is 1.61 bits per heavy atom. The Hall–Kier alpha value is -3.54. The normalized spacial score (nSPS) is 11.9. The van der Waals surface area contributed by atoms with E-state index in [1.807, 2.05) is 0 Å². The molecule has 0 bridgehead atoms. The first kappa shape index (κ1) is 32.0. The van der Waals surface area contributed by atoms with Crippen molar-refractivity contribution in [3.8, 4) is 11.5 Å². The largest absolute Gasteiger partial charge is 0.493 e. The van der Waals surface area contributed by atoms with E-state index in [2.05, 4.69) is 5.32 Å². The van der Waals surface area contributed by atoms with Gasteiger partial charge in [-0.25, -0.2) is 12.8 Å². The molecule has 0 radical (unpaired) electrons. The summed E-state index contributed by atoms with van der Waals surface area (Å²) in [6.45, 7) is 2.83. The molecule has 0 saturated carbocycles. The van der Waals surface area contributed by atoms with Crippen molar-refractivity contribution >= 4 is 50.7 Å². The van der Waals surface area contributed by atoms with Crippen molar-refractivity contribution in [1.82, 2.24) is 10.2 Å². The standard InChI is InChI=1S/C28H30Cl2FN3O6S/c1-5-32-28(36)18(2)33(16-19-6-12-23(29)24(30)14-19)27(35)17-34(21-9-7-20(31)8-10-21)41(37,38)22-11-13-25(39-3)26(15-22)40-4/h6-15,18H,5,16-17H2,1-4H3,(H,32,36)/t18-/m1/s1. The topological polar surface area (TPSA) is 105 Å². The summed E-state index contributed by atoms with van der Waals surface area (Å²) in [5, 5.41) is 3.25. The van der Waals surface area contributed by atoms with Gasteiger partial charge in [-0.1, -0.05) is 29.3 Å². The van der Waals surface area contributed by atoms with Gasteiger partial charge in [0.25, 0.3) is 10.0 Å². The number of sulfonamides is 1. The third-order valence-electron chi connectivity index (χ3n) is 6.19. The minimum atomic E-state index is -4.41. The first-order valence-corrected chi connectivity index (χ1v) is 14.6. The average molecular weight is 627 g/mol. The molecular weight excluding hydrogens is 596 g/mol. The maximum Gasteiger partial charge on any atom is 0.264 e. The molecule has 2 amide bonds. The molecule has 9 nitrogen and oxygen atoms in total. The highest BCUT2D eigenvalue weighted by Crippen LogP contribution is 2.32. The molecule has 3 rings (SSSR count). The van der Waals surface area contributed by atoms with E-state index in [1.165, 1.54) is 56.4 Å². The summed E-state index contributed by atoms with van der Waals surface area (Å²) >= 11 is 12.2. The second kappa shape index (κ2) is 13.9. The van der Waals surface area contributed by atoms with E-state index >= 15 is 0 Å². The first-order chi connectivity index (χ1) is 19.4. The minimum Gasteiger partial charge on any atom is -0.493 e. The summed E-state index contributed by atoms with van der Waals surface area (Å²) in [4.78, 5) is 27.7. The van der Waals surface area contributed by atoms with Crippen LogP contribution < -0.4 is 19.1 Å². The summed E-state index contributed by atoms with van der Waals surface area (Å²) in [6.07, 6.45) is 0. The van der Waals surface area contributed by atoms with Gasteiger partial charge >= 0.3 is 0 Å². The molecule has 0 aliphatic carbocycles. The summed E-state index contributed by atoms with van der Waals surface area (Å²) in [6, 6.07) is 12.5. The van der Waals surface area contributed by atoms with Gasteiger partial charge in [-0.3, -0.25) is 13.9 Å². The first-order valence-electron chi connectivity index (χ1n) is 12.4. The van der Waals surface area contributed by atoms with Crippen molar-refractivity contribution in [2.24, 2.45) is 0 Å². The van der Waals surface area contributed by atoms with Gasteiger partial charge in [0.1, 0.15) is 18.4 Å². The Bertz CT molecular complexity index is 1510. The van der Waals surface area contributed by atoms with Crippen LogP contribution in [0.3, 0.4) is 0 Å². The average Bonchev–Trinajstić information content (AvgIpc) is 2.96. The highest BCUT2D eigenvalue weighted by atomic mass is 35.5. The molecule has 41 heavy (non-hydrogen) atoms. The number of nitrogens with one attached hydrogen (secondary N) is 1. The van der Waals surface area contributed by atoms with E-state index in [0.717, 1.165) is 16.4 Å². The number of nitrogens with zero attached hydrogens (tertiary/aromatic N) is 2. The summed E-state index contributed by atoms with van der Waals surface area (Å²) < 4.78 is 53.0. The molecule has 1 N–H and O–H groups in total. The Balaban J connectivity index is 2.07. The molecule has 0 spiro atoms. The molecule has 0 aliphatic heterocycles. The van der Waals surface area contributed by atoms with E-state index in [1.54, 1.807) is 25.1 Å². The van der Waals surface area contributed by atoms with Gasteiger partial charge in [0.15, 0.2) is 11.5 Å². The van der Waals surface area contributed by atoms with E-state index < -0.39 is 40.2 Å². The van der Waals surface area contributed by atoms with Crippen LogP contribution in [0.4, 0.5) is 10.1 Å². The number of anilines is 1. The molecule has 1 atom stereocenters. The molecule has 0 aromatic heterocycles. The van der Waals surface area contributed by atoms with Crippen LogP contribution in [-0.4, -0.2) is 58.5 Å². The van der Waals surface area contributed by atoms with Gasteiger partial charge in [-0.2, -0.15) is 0 Å². The molecule has 0 unspecified atom stereocenters. The Morgan fingerprint density at radius 1 is 0.951 bits per heavy atom. The predicted octanol–water partition coefficient (Wildman–Crippen LogP) is 4.90. The van der Waals surface area contributed by atoms with Crippen LogP contribution in [0, 0.1) is 5.82 Å². The monoisotopic (exact) mass is 625 g/mol. The number of hydrogen-bond donors (Lipinski definition) is 1. The van der Waals surface area contributed by atoms with Crippen LogP contribution in [0.15, 0.2) is 65.6 Å². The number of carbonyl (C=O) groups excluding carboxylic acids is 2. The number of benzene rings is 3. The highest BCUT2D eigenvalue weighted by Gasteiger charge is 2.33. The van der Waals surface area contributed by atoms with Crippen LogP contribution in [-0.2, 0) is 26.2 Å². The van der Waals surface area contributed by atoms with Crippen molar-refractivity contribution in [2.45, 2.75) is 31.3 Å². The second-order valence-corrected chi connectivity index (χ2v) is 11.5. The number of ether oxygens (including phenoxy) is 2. The Labute approximate surface area is 248 Å². The molecule has 0 fully saturated rings. The smallest absolute Gasteiger partial charge is 0.264 e.